The van der Waals surface area contributed by atoms with Gasteiger partial charge in [-0.15, -0.1) is 0 Å². The number of nitrogens with two attached hydrogens (primary N) is 1. The Bertz CT molecular complexity index is 363. The molecule has 0 spiro atoms. The molecule has 2 nitrogen and oxygen atoms in total. The SMILES string of the molecule is CCc1ccc(CC2(F)CCCC(N)C2)nc1. The topological polar surface area (TPSA) is 38.9 Å². The molecule has 2 unspecified atom stereocenters. The first-order chi connectivity index (χ1) is 8.11. The molecule has 1 fully saturated rings. The fraction of sp³-hybridized carbons (Fsp3) is 0.643. The van der Waals surface area contributed by atoms with Crippen LogP contribution in [0.1, 0.15) is 43.9 Å². The van der Waals surface area contributed by atoms with E-state index in [4.69, 9.17) is 5.73 Å². The van der Waals surface area contributed by atoms with Crippen molar-refractivity contribution in [2.45, 2.75) is 57.2 Å². The maximum absolute atomic E-state index is 14.6. The van der Waals surface area contributed by atoms with Crippen molar-refractivity contribution < 1.29 is 4.39 Å². The first kappa shape index (κ1) is 12.5. The molecule has 3 heteroatoms. The van der Waals surface area contributed by atoms with Gasteiger partial charge in [-0.2, -0.15) is 0 Å². The van der Waals surface area contributed by atoms with Crippen molar-refractivity contribution in [3.8, 4) is 0 Å². The highest BCUT2D eigenvalue weighted by atomic mass is 19.1. The van der Waals surface area contributed by atoms with Crippen molar-refractivity contribution in [2.24, 2.45) is 5.73 Å². The number of aryl methyl sites for hydroxylation is 1. The summed E-state index contributed by atoms with van der Waals surface area (Å²) in [7, 11) is 0. The van der Waals surface area contributed by atoms with E-state index in [1.807, 2.05) is 18.3 Å². The average Bonchev–Trinajstić information content (AvgIpc) is 2.29. The fourth-order valence-corrected chi connectivity index (χ4v) is 2.61. The third-order valence-electron chi connectivity index (χ3n) is 3.62. The van der Waals surface area contributed by atoms with Gasteiger partial charge < -0.3 is 5.73 Å². The molecule has 1 heterocycles. The molecule has 94 valence electrons. The van der Waals surface area contributed by atoms with Gasteiger partial charge in [0.1, 0.15) is 5.67 Å². The smallest absolute Gasteiger partial charge is 0.118 e. The van der Waals surface area contributed by atoms with E-state index in [1.165, 1.54) is 5.56 Å². The molecule has 2 rings (SSSR count). The minimum Gasteiger partial charge on any atom is -0.328 e. The largest absolute Gasteiger partial charge is 0.328 e. The highest BCUT2D eigenvalue weighted by Crippen LogP contribution is 2.33. The maximum Gasteiger partial charge on any atom is 0.118 e. The Morgan fingerprint density at radius 2 is 2.35 bits per heavy atom. The van der Waals surface area contributed by atoms with Gasteiger partial charge in [-0.05, 0) is 43.7 Å². The zero-order chi connectivity index (χ0) is 12.3. The molecule has 1 aliphatic carbocycles. The molecule has 0 saturated heterocycles. The third kappa shape index (κ3) is 3.25. The summed E-state index contributed by atoms with van der Waals surface area (Å²) in [5.74, 6) is 0. The van der Waals surface area contributed by atoms with Crippen LogP contribution in [-0.4, -0.2) is 16.7 Å². The number of pyridine rings is 1. The molecule has 0 bridgehead atoms. The highest BCUT2D eigenvalue weighted by molar-refractivity contribution is 5.15. The van der Waals surface area contributed by atoms with Gasteiger partial charge in [0, 0.05) is 24.4 Å². The zero-order valence-corrected chi connectivity index (χ0v) is 10.5. The van der Waals surface area contributed by atoms with E-state index in [2.05, 4.69) is 11.9 Å². The summed E-state index contributed by atoms with van der Waals surface area (Å²) in [6, 6.07) is 4.00. The van der Waals surface area contributed by atoms with Crippen LogP contribution in [0, 0.1) is 0 Å². The molecule has 1 aromatic rings. The Morgan fingerprint density at radius 3 is 2.94 bits per heavy atom. The zero-order valence-electron chi connectivity index (χ0n) is 10.5. The Kier molecular flexibility index (Phi) is 3.77. The summed E-state index contributed by atoms with van der Waals surface area (Å²) in [5, 5.41) is 0. The number of aromatic nitrogens is 1. The Balaban J connectivity index is 2.03. The lowest BCUT2D eigenvalue weighted by atomic mass is 9.80. The number of rotatable bonds is 3. The molecule has 1 aromatic heterocycles. The maximum atomic E-state index is 14.6. The molecular formula is C14H21FN2. The van der Waals surface area contributed by atoms with Crippen LogP contribution in [0.2, 0.25) is 0 Å². The second-order valence-corrected chi connectivity index (χ2v) is 5.20. The van der Waals surface area contributed by atoms with Crippen LogP contribution in [0.5, 0.6) is 0 Å². The van der Waals surface area contributed by atoms with Gasteiger partial charge in [0.15, 0.2) is 0 Å². The minimum atomic E-state index is -1.14. The predicted octanol–water partition coefficient (Wildman–Crippen LogP) is 2.80. The van der Waals surface area contributed by atoms with E-state index in [0.717, 1.165) is 25.0 Å². The van der Waals surface area contributed by atoms with Crippen LogP contribution in [0.4, 0.5) is 4.39 Å². The van der Waals surface area contributed by atoms with Crippen molar-refractivity contribution in [1.29, 1.82) is 0 Å². The number of hydrogen-bond donors (Lipinski definition) is 1. The molecular weight excluding hydrogens is 215 g/mol. The first-order valence-electron chi connectivity index (χ1n) is 6.49. The molecule has 0 aromatic carbocycles. The van der Waals surface area contributed by atoms with E-state index in [-0.39, 0.29) is 6.04 Å². The summed E-state index contributed by atoms with van der Waals surface area (Å²) in [6.07, 6.45) is 6.17. The van der Waals surface area contributed by atoms with Crippen LogP contribution in [0.25, 0.3) is 0 Å². The van der Waals surface area contributed by atoms with E-state index < -0.39 is 5.67 Å². The van der Waals surface area contributed by atoms with E-state index in [0.29, 0.717) is 19.3 Å². The van der Waals surface area contributed by atoms with Crippen molar-refractivity contribution in [3.05, 3.63) is 29.6 Å². The van der Waals surface area contributed by atoms with Crippen LogP contribution in [0.3, 0.4) is 0 Å². The highest BCUT2D eigenvalue weighted by Gasteiger charge is 2.35. The molecule has 1 saturated carbocycles. The quantitative estimate of drug-likeness (QED) is 0.876. The van der Waals surface area contributed by atoms with Crippen LogP contribution >= 0.6 is 0 Å². The van der Waals surface area contributed by atoms with E-state index in [1.54, 1.807) is 0 Å². The third-order valence-corrected chi connectivity index (χ3v) is 3.62. The molecule has 2 N–H and O–H groups in total. The van der Waals surface area contributed by atoms with E-state index >= 15 is 0 Å². The number of hydrogen-bond acceptors (Lipinski definition) is 2. The first-order valence-corrected chi connectivity index (χ1v) is 6.49. The van der Waals surface area contributed by atoms with Gasteiger partial charge >= 0.3 is 0 Å². The van der Waals surface area contributed by atoms with Crippen molar-refractivity contribution in [2.75, 3.05) is 0 Å². The summed E-state index contributed by atoms with van der Waals surface area (Å²) in [4.78, 5) is 4.33. The average molecular weight is 236 g/mol. The molecule has 0 radical (unpaired) electrons. The fourth-order valence-electron chi connectivity index (χ4n) is 2.61. The number of alkyl halides is 1. The Labute approximate surface area is 102 Å². The lowest BCUT2D eigenvalue weighted by Crippen LogP contribution is -2.39. The molecule has 1 aliphatic rings. The standard InChI is InChI=1S/C14H21FN2/c1-2-11-5-6-13(17-10-11)9-14(15)7-3-4-12(16)8-14/h5-6,10,12H,2-4,7-9,16H2,1H3. The van der Waals surface area contributed by atoms with Crippen LogP contribution in [-0.2, 0) is 12.8 Å². The predicted molar refractivity (Wildman–Crippen MR) is 67.6 cm³/mol. The summed E-state index contributed by atoms with van der Waals surface area (Å²) in [6.45, 7) is 2.09. The lowest BCUT2D eigenvalue weighted by Gasteiger charge is -2.32. The van der Waals surface area contributed by atoms with Gasteiger partial charge in [0.25, 0.3) is 0 Å². The van der Waals surface area contributed by atoms with Gasteiger partial charge in [-0.3, -0.25) is 4.98 Å². The molecule has 0 amide bonds. The van der Waals surface area contributed by atoms with Gasteiger partial charge in [0.05, 0.1) is 0 Å². The summed E-state index contributed by atoms with van der Waals surface area (Å²) < 4.78 is 14.6. The Hall–Kier alpha value is -0.960. The van der Waals surface area contributed by atoms with Crippen LogP contribution in [0.15, 0.2) is 18.3 Å². The van der Waals surface area contributed by atoms with Gasteiger partial charge in [-0.1, -0.05) is 13.0 Å². The number of nitrogens with zero attached hydrogens (tertiary/aromatic N) is 1. The van der Waals surface area contributed by atoms with Crippen molar-refractivity contribution in [1.82, 2.24) is 4.98 Å². The normalized spacial score (nSPS) is 29.2. The monoisotopic (exact) mass is 236 g/mol. The van der Waals surface area contributed by atoms with Gasteiger partial charge in [0.2, 0.25) is 0 Å². The van der Waals surface area contributed by atoms with E-state index in [9.17, 15) is 4.39 Å². The molecule has 2 atom stereocenters. The summed E-state index contributed by atoms with van der Waals surface area (Å²) in [5.41, 5.74) is 6.75. The lowest BCUT2D eigenvalue weighted by molar-refractivity contribution is 0.0954. The van der Waals surface area contributed by atoms with Crippen molar-refractivity contribution >= 4 is 0 Å². The molecule has 0 aliphatic heterocycles. The Morgan fingerprint density at radius 1 is 1.53 bits per heavy atom. The summed E-state index contributed by atoms with van der Waals surface area (Å²) >= 11 is 0. The second-order valence-electron chi connectivity index (χ2n) is 5.20. The van der Waals surface area contributed by atoms with Gasteiger partial charge in [-0.25, -0.2) is 4.39 Å². The van der Waals surface area contributed by atoms with Crippen molar-refractivity contribution in [3.63, 3.8) is 0 Å². The molecule has 17 heavy (non-hydrogen) atoms. The number of halogens is 1. The van der Waals surface area contributed by atoms with Crippen LogP contribution < -0.4 is 5.73 Å². The minimum absolute atomic E-state index is 0.0173. The second kappa shape index (κ2) is 5.13.